The molecule has 3 amide bonds. The van der Waals surface area contributed by atoms with E-state index in [1.54, 1.807) is 6.07 Å². The number of hydrogen-bond donors (Lipinski definition) is 3. The molecule has 0 fully saturated rings. The molecule has 11 heteroatoms. The molecule has 31 heavy (non-hydrogen) atoms. The van der Waals surface area contributed by atoms with E-state index in [4.69, 9.17) is 10.6 Å². The van der Waals surface area contributed by atoms with Gasteiger partial charge in [-0.3, -0.25) is 10.1 Å². The maximum atomic E-state index is 13.5. The SMILES string of the molecule is Cc1ccc(OCc2nnc(SCC(=O)NC(=O)Nc3ccccc3F)n2N)c(C)c1. The van der Waals surface area contributed by atoms with Crippen molar-refractivity contribution in [3.63, 3.8) is 0 Å². The van der Waals surface area contributed by atoms with Gasteiger partial charge in [-0.2, -0.15) is 0 Å². The topological polar surface area (TPSA) is 124 Å². The van der Waals surface area contributed by atoms with Gasteiger partial charge >= 0.3 is 6.03 Å². The minimum absolute atomic E-state index is 0.0318. The lowest BCUT2D eigenvalue weighted by Gasteiger charge is -2.09. The van der Waals surface area contributed by atoms with Crippen molar-refractivity contribution in [1.29, 1.82) is 0 Å². The Morgan fingerprint density at radius 1 is 1.19 bits per heavy atom. The molecule has 4 N–H and O–H groups in total. The Morgan fingerprint density at radius 3 is 2.71 bits per heavy atom. The number of rotatable bonds is 7. The Bertz CT molecular complexity index is 1100. The number of halogens is 1. The number of para-hydroxylation sites is 1. The molecular weight excluding hydrogens is 423 g/mol. The molecular formula is C20H21FN6O3S. The summed E-state index contributed by atoms with van der Waals surface area (Å²) in [4.78, 5) is 23.8. The number of urea groups is 1. The minimum atomic E-state index is -0.840. The molecule has 3 aromatic rings. The predicted molar refractivity (Wildman–Crippen MR) is 115 cm³/mol. The highest BCUT2D eigenvalue weighted by Crippen LogP contribution is 2.20. The van der Waals surface area contributed by atoms with E-state index in [9.17, 15) is 14.0 Å². The molecule has 0 saturated heterocycles. The van der Waals surface area contributed by atoms with Gasteiger partial charge in [-0.25, -0.2) is 13.9 Å². The number of aromatic nitrogens is 3. The van der Waals surface area contributed by atoms with Crippen LogP contribution in [0.2, 0.25) is 0 Å². The fourth-order valence-electron chi connectivity index (χ4n) is 2.62. The first-order valence-corrected chi connectivity index (χ1v) is 10.2. The van der Waals surface area contributed by atoms with Crippen LogP contribution in [0.4, 0.5) is 14.9 Å². The second-order valence-electron chi connectivity index (χ2n) is 6.60. The quantitative estimate of drug-likeness (QED) is 0.378. The molecule has 1 heterocycles. The molecule has 3 rings (SSSR count). The Hall–Kier alpha value is -3.60. The lowest BCUT2D eigenvalue weighted by molar-refractivity contribution is -0.117. The van der Waals surface area contributed by atoms with Crippen molar-refractivity contribution in [2.75, 3.05) is 16.9 Å². The number of nitrogen functional groups attached to an aromatic ring is 1. The monoisotopic (exact) mass is 444 g/mol. The number of carbonyl (C=O) groups excluding carboxylic acids is 2. The van der Waals surface area contributed by atoms with Crippen LogP contribution in [-0.2, 0) is 11.4 Å². The first kappa shape index (κ1) is 22.1. The number of thioether (sulfide) groups is 1. The van der Waals surface area contributed by atoms with E-state index >= 15 is 0 Å². The van der Waals surface area contributed by atoms with Crippen LogP contribution in [0, 0.1) is 19.7 Å². The number of anilines is 1. The van der Waals surface area contributed by atoms with E-state index in [0.29, 0.717) is 11.6 Å². The van der Waals surface area contributed by atoms with Gasteiger partial charge in [0.05, 0.1) is 11.4 Å². The smallest absolute Gasteiger partial charge is 0.325 e. The summed E-state index contributed by atoms with van der Waals surface area (Å²) in [6.07, 6.45) is 0. The van der Waals surface area contributed by atoms with Gasteiger partial charge in [-0.15, -0.1) is 10.2 Å². The molecule has 0 aliphatic carbocycles. The Morgan fingerprint density at radius 2 is 1.97 bits per heavy atom. The van der Waals surface area contributed by atoms with Crippen molar-refractivity contribution >= 4 is 29.4 Å². The second-order valence-corrected chi connectivity index (χ2v) is 7.54. The zero-order valence-corrected chi connectivity index (χ0v) is 17.7. The number of ether oxygens (including phenoxy) is 1. The number of aryl methyl sites for hydroxylation is 2. The third kappa shape index (κ3) is 5.95. The summed E-state index contributed by atoms with van der Waals surface area (Å²) in [6.45, 7) is 4.04. The molecule has 0 spiro atoms. The zero-order valence-electron chi connectivity index (χ0n) is 16.9. The molecule has 2 aromatic carbocycles. The van der Waals surface area contributed by atoms with E-state index in [2.05, 4.69) is 20.8 Å². The number of hydrogen-bond acceptors (Lipinski definition) is 7. The summed E-state index contributed by atoms with van der Waals surface area (Å²) in [6, 6.07) is 10.6. The molecule has 0 saturated carbocycles. The Kier molecular flexibility index (Phi) is 7.08. The highest BCUT2D eigenvalue weighted by molar-refractivity contribution is 7.99. The highest BCUT2D eigenvalue weighted by Gasteiger charge is 2.15. The summed E-state index contributed by atoms with van der Waals surface area (Å²) < 4.78 is 20.5. The zero-order chi connectivity index (χ0) is 22.4. The van der Waals surface area contributed by atoms with E-state index in [0.717, 1.165) is 22.9 Å². The molecule has 9 nitrogen and oxygen atoms in total. The van der Waals surface area contributed by atoms with Crippen molar-refractivity contribution in [1.82, 2.24) is 20.2 Å². The van der Waals surface area contributed by atoms with E-state index < -0.39 is 17.8 Å². The fourth-order valence-corrected chi connectivity index (χ4v) is 3.29. The van der Waals surface area contributed by atoms with Crippen LogP contribution in [0.5, 0.6) is 5.75 Å². The molecule has 0 atom stereocenters. The van der Waals surface area contributed by atoms with Crippen LogP contribution in [-0.4, -0.2) is 32.6 Å². The third-order valence-corrected chi connectivity index (χ3v) is 5.07. The number of benzene rings is 2. The van der Waals surface area contributed by atoms with Gasteiger partial charge in [-0.1, -0.05) is 41.6 Å². The molecule has 0 aliphatic heterocycles. The molecule has 0 unspecified atom stereocenters. The van der Waals surface area contributed by atoms with Crippen LogP contribution in [0.1, 0.15) is 17.0 Å². The maximum absolute atomic E-state index is 13.5. The molecule has 0 aliphatic rings. The molecule has 0 bridgehead atoms. The number of nitrogens with zero attached hydrogens (tertiary/aromatic N) is 3. The number of imide groups is 1. The van der Waals surface area contributed by atoms with Crippen LogP contribution in [0.3, 0.4) is 0 Å². The number of amides is 3. The minimum Gasteiger partial charge on any atom is -0.485 e. The van der Waals surface area contributed by atoms with Crippen molar-refractivity contribution in [2.45, 2.75) is 25.6 Å². The maximum Gasteiger partial charge on any atom is 0.325 e. The molecule has 1 aromatic heterocycles. The van der Waals surface area contributed by atoms with Crippen molar-refractivity contribution < 1.29 is 18.7 Å². The summed E-state index contributed by atoms with van der Waals surface area (Å²) in [7, 11) is 0. The Balaban J connectivity index is 1.49. The first-order valence-electron chi connectivity index (χ1n) is 9.21. The summed E-state index contributed by atoms with van der Waals surface area (Å²) >= 11 is 0.997. The van der Waals surface area contributed by atoms with Gasteiger partial charge in [0, 0.05) is 0 Å². The van der Waals surface area contributed by atoms with Crippen molar-refractivity contribution in [2.24, 2.45) is 0 Å². The second kappa shape index (κ2) is 9.94. The third-order valence-electron chi connectivity index (χ3n) is 4.13. The lowest BCUT2D eigenvalue weighted by Crippen LogP contribution is -2.35. The van der Waals surface area contributed by atoms with Gasteiger partial charge in [-0.05, 0) is 37.6 Å². The van der Waals surface area contributed by atoms with Gasteiger partial charge < -0.3 is 15.9 Å². The van der Waals surface area contributed by atoms with Gasteiger partial charge in [0.25, 0.3) is 0 Å². The number of carbonyl (C=O) groups is 2. The number of nitrogens with one attached hydrogen (secondary N) is 2. The van der Waals surface area contributed by atoms with Gasteiger partial charge in [0.2, 0.25) is 11.1 Å². The van der Waals surface area contributed by atoms with Crippen LogP contribution in [0.15, 0.2) is 47.6 Å². The first-order chi connectivity index (χ1) is 14.8. The van der Waals surface area contributed by atoms with Crippen LogP contribution in [0.25, 0.3) is 0 Å². The van der Waals surface area contributed by atoms with Crippen molar-refractivity contribution in [3.8, 4) is 5.75 Å². The van der Waals surface area contributed by atoms with E-state index in [1.807, 2.05) is 32.0 Å². The predicted octanol–water partition coefficient (Wildman–Crippen LogP) is 2.77. The lowest BCUT2D eigenvalue weighted by atomic mass is 10.1. The van der Waals surface area contributed by atoms with Crippen molar-refractivity contribution in [3.05, 3.63) is 65.2 Å². The molecule has 162 valence electrons. The summed E-state index contributed by atoms with van der Waals surface area (Å²) in [5.41, 5.74) is 2.09. The summed E-state index contributed by atoms with van der Waals surface area (Å²) in [5.74, 6) is 5.71. The van der Waals surface area contributed by atoms with Gasteiger partial charge in [0.1, 0.15) is 18.2 Å². The van der Waals surface area contributed by atoms with E-state index in [1.165, 1.54) is 22.9 Å². The fraction of sp³-hybridized carbons (Fsp3) is 0.200. The summed E-state index contributed by atoms with van der Waals surface area (Å²) in [5, 5.41) is 12.6. The molecule has 0 radical (unpaired) electrons. The van der Waals surface area contributed by atoms with E-state index in [-0.39, 0.29) is 23.2 Å². The van der Waals surface area contributed by atoms with Gasteiger partial charge in [0.15, 0.2) is 5.82 Å². The van der Waals surface area contributed by atoms with Crippen LogP contribution < -0.4 is 21.2 Å². The standard InChI is InChI=1S/C20H21FN6O3S/c1-12-7-8-16(13(2)9-12)30-10-17-25-26-20(27(17)22)31-11-18(28)24-19(29)23-15-6-4-3-5-14(15)21/h3-9H,10-11,22H2,1-2H3,(H2,23,24,28,29). The average molecular weight is 444 g/mol. The number of nitrogens with two attached hydrogens (primary N) is 1. The normalized spacial score (nSPS) is 10.5. The average Bonchev–Trinajstić information content (AvgIpc) is 3.07. The largest absolute Gasteiger partial charge is 0.485 e. The highest BCUT2D eigenvalue weighted by atomic mass is 32.2. The Labute approximate surface area is 182 Å². The van der Waals surface area contributed by atoms with Crippen LogP contribution >= 0.6 is 11.8 Å².